The van der Waals surface area contributed by atoms with E-state index in [2.05, 4.69) is 16.0 Å². The van der Waals surface area contributed by atoms with Gasteiger partial charge in [-0.2, -0.15) is 5.10 Å². The van der Waals surface area contributed by atoms with E-state index in [4.69, 9.17) is 4.74 Å². The Balaban J connectivity index is 1.73. The first-order valence-corrected chi connectivity index (χ1v) is 8.76. The van der Waals surface area contributed by atoms with Gasteiger partial charge in [-0.25, -0.2) is 4.68 Å². The summed E-state index contributed by atoms with van der Waals surface area (Å²) in [6, 6.07) is 15.3. The summed E-state index contributed by atoms with van der Waals surface area (Å²) >= 11 is 0. The minimum Gasteiger partial charge on any atom is -0.484 e. The zero-order valence-electron chi connectivity index (χ0n) is 15.5. The van der Waals surface area contributed by atoms with Crippen molar-refractivity contribution in [3.05, 3.63) is 70.6 Å². The van der Waals surface area contributed by atoms with Crippen LogP contribution in [-0.2, 0) is 4.79 Å². The molecule has 0 aliphatic heterocycles. The fourth-order valence-electron chi connectivity index (χ4n) is 2.61. The van der Waals surface area contributed by atoms with E-state index in [9.17, 15) is 14.4 Å². The second-order valence-electron chi connectivity index (χ2n) is 6.34. The van der Waals surface area contributed by atoms with Gasteiger partial charge in [-0.15, -0.1) is 0 Å². The molecule has 8 nitrogen and oxygen atoms in total. The van der Waals surface area contributed by atoms with E-state index in [1.807, 2.05) is 6.07 Å². The van der Waals surface area contributed by atoms with Gasteiger partial charge in [-0.1, -0.05) is 36.4 Å². The van der Waals surface area contributed by atoms with Crippen molar-refractivity contribution in [2.75, 3.05) is 6.61 Å². The first kappa shape index (κ1) is 19.1. The molecule has 2 aromatic carbocycles. The zero-order valence-corrected chi connectivity index (χ0v) is 15.5. The highest BCUT2D eigenvalue weighted by molar-refractivity contribution is 6.05. The molecule has 2 N–H and O–H groups in total. The molecule has 0 radical (unpaired) electrons. The number of rotatable bonds is 5. The third-order valence-corrected chi connectivity index (χ3v) is 3.96. The van der Waals surface area contributed by atoms with Gasteiger partial charge in [0.25, 0.3) is 17.4 Å². The normalized spacial score (nSPS) is 10.7. The van der Waals surface area contributed by atoms with E-state index in [1.165, 1.54) is 4.68 Å². The molecule has 0 bridgehead atoms. The Morgan fingerprint density at radius 2 is 1.64 bits per heavy atom. The second-order valence-corrected chi connectivity index (χ2v) is 6.34. The van der Waals surface area contributed by atoms with Gasteiger partial charge >= 0.3 is 0 Å². The number of carbonyl (C=O) groups is 2. The lowest BCUT2D eigenvalue weighted by Gasteiger charge is -2.14. The fraction of sp³-hybridized carbons (Fsp3) is 0.200. The monoisotopic (exact) mass is 380 g/mol. The molecule has 3 rings (SSSR count). The molecular weight excluding hydrogens is 360 g/mol. The van der Waals surface area contributed by atoms with Crippen molar-refractivity contribution >= 4 is 22.6 Å². The Bertz CT molecular complexity index is 1060. The topological polar surface area (TPSA) is 102 Å². The van der Waals surface area contributed by atoms with Gasteiger partial charge in [0.2, 0.25) is 0 Å². The Labute approximate surface area is 161 Å². The van der Waals surface area contributed by atoms with Crippen molar-refractivity contribution in [3.8, 4) is 5.75 Å². The number of benzene rings is 2. The molecule has 0 fully saturated rings. The molecule has 0 saturated heterocycles. The summed E-state index contributed by atoms with van der Waals surface area (Å²) in [6.45, 7) is 3.34. The Kier molecular flexibility index (Phi) is 5.69. The molecule has 0 saturated carbocycles. The first-order chi connectivity index (χ1) is 13.5. The summed E-state index contributed by atoms with van der Waals surface area (Å²) in [6.07, 6.45) is 0. The van der Waals surface area contributed by atoms with Crippen molar-refractivity contribution < 1.29 is 14.3 Å². The van der Waals surface area contributed by atoms with Crippen LogP contribution in [0.2, 0.25) is 0 Å². The standard InChI is InChI=1S/C20H20N4O4/c1-13(2)24-20(27)16-11-7-6-10-15(16)18(23-24)19(26)22-21-17(25)12-28-14-8-4-3-5-9-14/h3-11,13H,12H2,1-2H3,(H,21,25)(H,22,26). The molecule has 0 spiro atoms. The van der Waals surface area contributed by atoms with E-state index in [1.54, 1.807) is 62.4 Å². The zero-order chi connectivity index (χ0) is 20.1. The lowest BCUT2D eigenvalue weighted by molar-refractivity contribution is -0.123. The number of hydrogen-bond acceptors (Lipinski definition) is 5. The Morgan fingerprint density at radius 3 is 2.32 bits per heavy atom. The maximum Gasteiger partial charge on any atom is 0.290 e. The van der Waals surface area contributed by atoms with Crippen molar-refractivity contribution in [1.82, 2.24) is 20.6 Å². The van der Waals surface area contributed by atoms with Gasteiger partial charge < -0.3 is 4.74 Å². The molecule has 0 aliphatic rings. The van der Waals surface area contributed by atoms with Gasteiger partial charge in [0.05, 0.1) is 11.4 Å². The minimum absolute atomic E-state index is 0.0492. The maximum absolute atomic E-state index is 12.6. The lowest BCUT2D eigenvalue weighted by atomic mass is 10.1. The van der Waals surface area contributed by atoms with E-state index in [-0.39, 0.29) is 23.9 Å². The molecule has 1 aromatic heterocycles. The molecule has 8 heteroatoms. The van der Waals surface area contributed by atoms with E-state index >= 15 is 0 Å². The summed E-state index contributed by atoms with van der Waals surface area (Å²) in [5.41, 5.74) is 4.38. The van der Waals surface area contributed by atoms with Gasteiger partial charge in [-0.05, 0) is 32.0 Å². The van der Waals surface area contributed by atoms with Crippen LogP contribution in [0.5, 0.6) is 5.75 Å². The van der Waals surface area contributed by atoms with Crippen LogP contribution >= 0.6 is 0 Å². The quantitative estimate of drug-likeness (QED) is 0.658. The van der Waals surface area contributed by atoms with E-state index < -0.39 is 11.8 Å². The molecule has 144 valence electrons. The third kappa shape index (κ3) is 4.17. The molecule has 1 heterocycles. The van der Waals surface area contributed by atoms with Crippen LogP contribution in [0, 0.1) is 0 Å². The number of amides is 2. The van der Waals surface area contributed by atoms with Crippen molar-refractivity contribution in [2.45, 2.75) is 19.9 Å². The van der Waals surface area contributed by atoms with Crippen molar-refractivity contribution in [1.29, 1.82) is 0 Å². The summed E-state index contributed by atoms with van der Waals surface area (Å²) in [5.74, 6) is -0.613. The van der Waals surface area contributed by atoms with Gasteiger partial charge in [0.15, 0.2) is 12.3 Å². The lowest BCUT2D eigenvalue weighted by Crippen LogP contribution is -2.44. The molecule has 0 atom stereocenters. The number of nitrogens with one attached hydrogen (secondary N) is 2. The predicted octanol–water partition coefficient (Wildman–Crippen LogP) is 1.82. The molecule has 28 heavy (non-hydrogen) atoms. The molecule has 3 aromatic rings. The number of carbonyl (C=O) groups excluding carboxylic acids is 2. The highest BCUT2D eigenvalue weighted by atomic mass is 16.5. The number of nitrogens with zero attached hydrogens (tertiary/aromatic N) is 2. The predicted molar refractivity (Wildman–Crippen MR) is 104 cm³/mol. The smallest absolute Gasteiger partial charge is 0.290 e. The Hall–Kier alpha value is -3.68. The molecule has 0 aliphatic carbocycles. The number of aromatic nitrogens is 2. The van der Waals surface area contributed by atoms with Crippen LogP contribution < -0.4 is 21.1 Å². The third-order valence-electron chi connectivity index (χ3n) is 3.96. The van der Waals surface area contributed by atoms with E-state index in [0.717, 1.165) is 0 Å². The maximum atomic E-state index is 12.6. The highest BCUT2D eigenvalue weighted by Crippen LogP contribution is 2.14. The van der Waals surface area contributed by atoms with Gasteiger partial charge in [0, 0.05) is 5.39 Å². The average molecular weight is 380 g/mol. The summed E-state index contributed by atoms with van der Waals surface area (Å²) < 4.78 is 6.57. The number of ether oxygens (including phenoxy) is 1. The molecule has 2 amide bonds. The summed E-state index contributed by atoms with van der Waals surface area (Å²) in [5, 5.41) is 4.98. The SMILES string of the molecule is CC(C)n1nc(C(=O)NNC(=O)COc2ccccc2)c2ccccc2c1=O. The summed E-state index contributed by atoms with van der Waals surface area (Å²) in [7, 11) is 0. The fourth-order valence-corrected chi connectivity index (χ4v) is 2.61. The number of hydrogen-bond donors (Lipinski definition) is 2. The van der Waals surface area contributed by atoms with Crippen LogP contribution in [0.25, 0.3) is 10.8 Å². The summed E-state index contributed by atoms with van der Waals surface area (Å²) in [4.78, 5) is 37.0. The van der Waals surface area contributed by atoms with Gasteiger partial charge in [-0.3, -0.25) is 25.2 Å². The number of para-hydroxylation sites is 1. The minimum atomic E-state index is -0.626. The van der Waals surface area contributed by atoms with Gasteiger partial charge in [0.1, 0.15) is 5.75 Å². The van der Waals surface area contributed by atoms with Crippen LogP contribution in [0.15, 0.2) is 59.4 Å². The number of fused-ring (bicyclic) bond motifs is 1. The Morgan fingerprint density at radius 1 is 1.00 bits per heavy atom. The van der Waals surface area contributed by atoms with Crippen LogP contribution in [0.4, 0.5) is 0 Å². The number of hydrazine groups is 1. The highest BCUT2D eigenvalue weighted by Gasteiger charge is 2.18. The average Bonchev–Trinajstić information content (AvgIpc) is 2.71. The van der Waals surface area contributed by atoms with Crippen molar-refractivity contribution in [2.24, 2.45) is 0 Å². The second kappa shape index (κ2) is 8.34. The largest absolute Gasteiger partial charge is 0.484 e. The first-order valence-electron chi connectivity index (χ1n) is 8.76. The van der Waals surface area contributed by atoms with E-state index in [0.29, 0.717) is 16.5 Å². The molecule has 0 unspecified atom stereocenters. The van der Waals surface area contributed by atoms with Crippen LogP contribution in [0.3, 0.4) is 0 Å². The molecular formula is C20H20N4O4. The van der Waals surface area contributed by atoms with Crippen LogP contribution in [0.1, 0.15) is 30.4 Å². The van der Waals surface area contributed by atoms with Crippen molar-refractivity contribution in [3.63, 3.8) is 0 Å². The van der Waals surface area contributed by atoms with Crippen LogP contribution in [-0.4, -0.2) is 28.2 Å².